The van der Waals surface area contributed by atoms with E-state index in [-0.39, 0.29) is 18.1 Å². The zero-order valence-electron chi connectivity index (χ0n) is 16.7. The summed E-state index contributed by atoms with van der Waals surface area (Å²) in [7, 11) is 2.99. The van der Waals surface area contributed by atoms with Crippen LogP contribution in [0, 0.1) is 10.1 Å². The first kappa shape index (κ1) is 21.0. The first-order chi connectivity index (χ1) is 15.0. The number of aromatic nitrogens is 2. The number of methoxy groups -OCH3 is 2. The van der Waals surface area contributed by atoms with Crippen molar-refractivity contribution in [1.29, 1.82) is 0 Å². The summed E-state index contributed by atoms with van der Waals surface area (Å²) in [5.74, 6) is -0.289. The molecule has 3 aromatic rings. The van der Waals surface area contributed by atoms with E-state index < -0.39 is 17.3 Å². The third-order valence-corrected chi connectivity index (χ3v) is 5.61. The Bertz CT molecular complexity index is 1140. The second-order valence-corrected chi connectivity index (χ2v) is 7.36. The van der Waals surface area contributed by atoms with E-state index in [9.17, 15) is 14.9 Å². The highest BCUT2D eigenvalue weighted by Gasteiger charge is 2.43. The van der Waals surface area contributed by atoms with Gasteiger partial charge in [0.05, 0.1) is 23.2 Å². The molecule has 1 atom stereocenters. The molecular weight excluding hydrogens is 424 g/mol. The molecule has 1 amide bonds. The number of ether oxygens (including phenoxy) is 2. The molecule has 1 unspecified atom stereocenters. The Morgan fingerprint density at radius 2 is 1.97 bits per heavy atom. The first-order valence-electron chi connectivity index (χ1n) is 9.40. The van der Waals surface area contributed by atoms with Gasteiger partial charge in [0.25, 0.3) is 11.6 Å². The summed E-state index contributed by atoms with van der Waals surface area (Å²) in [5.41, 5.74) is 2.51. The van der Waals surface area contributed by atoms with Gasteiger partial charge in [-0.25, -0.2) is 0 Å². The van der Waals surface area contributed by atoms with Gasteiger partial charge < -0.3 is 14.4 Å². The summed E-state index contributed by atoms with van der Waals surface area (Å²) < 4.78 is 10.6. The minimum absolute atomic E-state index is 0.0662. The minimum Gasteiger partial charge on any atom is -0.354 e. The third-order valence-electron chi connectivity index (χ3n) is 5.27. The van der Waals surface area contributed by atoms with Gasteiger partial charge in [0.1, 0.15) is 5.69 Å². The van der Waals surface area contributed by atoms with Crippen LogP contribution in [-0.2, 0) is 9.47 Å². The molecule has 1 aromatic heterocycles. The lowest BCUT2D eigenvalue weighted by Gasteiger charge is -2.29. The molecule has 4 rings (SSSR count). The van der Waals surface area contributed by atoms with Crippen LogP contribution < -0.4 is 0 Å². The molecule has 0 fully saturated rings. The van der Waals surface area contributed by atoms with E-state index in [4.69, 9.17) is 21.1 Å². The summed E-state index contributed by atoms with van der Waals surface area (Å²) in [6.45, 7) is 0.151. The fraction of sp³-hybridized carbons (Fsp3) is 0.238. The average molecular weight is 443 g/mol. The predicted octanol–water partition coefficient (Wildman–Crippen LogP) is 3.80. The molecule has 9 nitrogen and oxygen atoms in total. The molecule has 0 bridgehead atoms. The monoisotopic (exact) mass is 442 g/mol. The Labute approximate surface area is 182 Å². The number of H-pyrrole nitrogens is 1. The van der Waals surface area contributed by atoms with Crippen LogP contribution in [0.2, 0.25) is 5.02 Å². The molecule has 31 heavy (non-hydrogen) atoms. The van der Waals surface area contributed by atoms with E-state index in [1.54, 1.807) is 29.2 Å². The van der Waals surface area contributed by atoms with Crippen LogP contribution in [-0.4, -0.2) is 53.0 Å². The molecule has 0 saturated carbocycles. The molecule has 10 heteroatoms. The number of nitrogens with one attached hydrogen (secondary N) is 1. The van der Waals surface area contributed by atoms with Gasteiger partial charge in [-0.1, -0.05) is 41.9 Å². The second-order valence-electron chi connectivity index (χ2n) is 6.95. The summed E-state index contributed by atoms with van der Waals surface area (Å²) in [6, 6.07) is 12.8. The molecule has 2 heterocycles. The molecule has 2 aromatic carbocycles. The van der Waals surface area contributed by atoms with Crippen LogP contribution >= 0.6 is 11.6 Å². The molecule has 160 valence electrons. The normalized spacial score (nSPS) is 15.5. The van der Waals surface area contributed by atoms with Gasteiger partial charge in [-0.15, -0.1) is 0 Å². The average Bonchev–Trinajstić information content (AvgIpc) is 3.32. The number of hydrogen-bond donors (Lipinski definition) is 1. The van der Waals surface area contributed by atoms with Crippen molar-refractivity contribution in [2.24, 2.45) is 0 Å². The topological polar surface area (TPSA) is 111 Å². The number of nitro benzene ring substituents is 1. The molecule has 1 aliphatic heterocycles. The number of nitrogens with zero attached hydrogens (tertiary/aromatic N) is 3. The van der Waals surface area contributed by atoms with E-state index in [0.717, 1.165) is 0 Å². The number of aromatic amines is 1. The predicted molar refractivity (Wildman–Crippen MR) is 113 cm³/mol. The largest absolute Gasteiger partial charge is 0.354 e. The number of benzene rings is 2. The van der Waals surface area contributed by atoms with Crippen LogP contribution in [0.1, 0.15) is 27.7 Å². The number of fused-ring (bicyclic) bond motifs is 1. The van der Waals surface area contributed by atoms with Crippen molar-refractivity contribution in [1.82, 2.24) is 15.1 Å². The van der Waals surface area contributed by atoms with Gasteiger partial charge in [-0.2, -0.15) is 5.10 Å². The van der Waals surface area contributed by atoms with Crippen molar-refractivity contribution in [2.75, 3.05) is 20.8 Å². The smallest absolute Gasteiger partial charge is 0.273 e. The van der Waals surface area contributed by atoms with Gasteiger partial charge in [-0.05, 0) is 11.6 Å². The van der Waals surface area contributed by atoms with E-state index in [1.165, 1.54) is 26.4 Å². The molecule has 0 aliphatic carbocycles. The van der Waals surface area contributed by atoms with Gasteiger partial charge in [-0.3, -0.25) is 20.0 Å². The van der Waals surface area contributed by atoms with Crippen molar-refractivity contribution in [3.8, 4) is 11.3 Å². The van der Waals surface area contributed by atoms with E-state index >= 15 is 0 Å². The van der Waals surface area contributed by atoms with Gasteiger partial charge in [0, 0.05) is 42.5 Å². The molecule has 1 aliphatic rings. The molecule has 0 radical (unpaired) electrons. The quantitative estimate of drug-likeness (QED) is 0.338. The number of nitro groups is 1. The van der Waals surface area contributed by atoms with Gasteiger partial charge >= 0.3 is 0 Å². The Morgan fingerprint density at radius 1 is 1.23 bits per heavy atom. The summed E-state index contributed by atoms with van der Waals surface area (Å²) in [4.78, 5) is 25.6. The summed E-state index contributed by atoms with van der Waals surface area (Å²) in [6.07, 6.45) is -0.646. The zero-order valence-corrected chi connectivity index (χ0v) is 17.5. The van der Waals surface area contributed by atoms with Crippen LogP contribution in [0.15, 0.2) is 48.5 Å². The summed E-state index contributed by atoms with van der Waals surface area (Å²) in [5, 5.41) is 18.9. The fourth-order valence-corrected chi connectivity index (χ4v) is 4.04. The first-order valence-corrected chi connectivity index (χ1v) is 9.78. The van der Waals surface area contributed by atoms with Crippen molar-refractivity contribution >= 4 is 23.2 Å². The highest BCUT2D eigenvalue weighted by molar-refractivity contribution is 6.31. The number of non-ortho nitro benzene ring substituents is 1. The lowest BCUT2D eigenvalue weighted by molar-refractivity contribution is -0.384. The van der Waals surface area contributed by atoms with Crippen LogP contribution in [0.5, 0.6) is 0 Å². The van der Waals surface area contributed by atoms with Gasteiger partial charge in [0.15, 0.2) is 6.29 Å². The standard InChI is InChI=1S/C21H19ClN4O5/c1-30-16(31-2)11-25-20(14-8-3-4-9-15(14)22)17-18(23-24-19(17)21(25)27)12-6-5-7-13(10-12)26(28)29/h3-10,16,20H,11H2,1-2H3,(H,23,24). The Hall–Kier alpha value is -3.27. The third kappa shape index (κ3) is 3.67. The Balaban J connectivity index is 1.88. The summed E-state index contributed by atoms with van der Waals surface area (Å²) >= 11 is 6.50. The van der Waals surface area contributed by atoms with Crippen LogP contribution in [0.3, 0.4) is 0 Å². The Morgan fingerprint density at radius 3 is 2.65 bits per heavy atom. The molecule has 0 spiro atoms. The highest BCUT2D eigenvalue weighted by Crippen LogP contribution is 2.45. The SMILES string of the molecule is COC(CN1C(=O)c2[nH]nc(-c3cccc([N+](=O)[O-])c3)c2C1c1ccccc1Cl)OC. The number of amides is 1. The Kier molecular flexibility index (Phi) is 5.73. The lowest BCUT2D eigenvalue weighted by Crippen LogP contribution is -2.38. The maximum atomic E-state index is 13.3. The van der Waals surface area contributed by atoms with Crippen LogP contribution in [0.4, 0.5) is 5.69 Å². The zero-order chi connectivity index (χ0) is 22.1. The molecular formula is C21H19ClN4O5. The van der Waals surface area contributed by atoms with Crippen molar-refractivity contribution in [3.63, 3.8) is 0 Å². The van der Waals surface area contributed by atoms with Crippen molar-refractivity contribution in [2.45, 2.75) is 12.3 Å². The van der Waals surface area contributed by atoms with Crippen molar-refractivity contribution < 1.29 is 19.2 Å². The number of halogens is 1. The van der Waals surface area contributed by atoms with Crippen LogP contribution in [0.25, 0.3) is 11.3 Å². The number of carbonyl (C=O) groups is 1. The van der Waals surface area contributed by atoms with E-state index in [1.807, 2.05) is 12.1 Å². The number of carbonyl (C=O) groups excluding carboxylic acids is 1. The number of rotatable bonds is 7. The maximum absolute atomic E-state index is 13.3. The fourth-order valence-electron chi connectivity index (χ4n) is 3.80. The van der Waals surface area contributed by atoms with Crippen molar-refractivity contribution in [3.05, 3.63) is 80.5 Å². The molecule has 1 N–H and O–H groups in total. The number of hydrogen-bond acceptors (Lipinski definition) is 6. The minimum atomic E-state index is -0.646. The van der Waals surface area contributed by atoms with E-state index in [0.29, 0.717) is 33.1 Å². The van der Waals surface area contributed by atoms with Gasteiger partial charge in [0.2, 0.25) is 0 Å². The van der Waals surface area contributed by atoms with E-state index in [2.05, 4.69) is 10.2 Å². The second kappa shape index (κ2) is 8.46. The highest BCUT2D eigenvalue weighted by atomic mass is 35.5. The lowest BCUT2D eigenvalue weighted by atomic mass is 9.96. The molecule has 0 saturated heterocycles. The maximum Gasteiger partial charge on any atom is 0.273 e.